The minimum Gasteiger partial charge on any atom is -0.423 e. The number of aryl methyl sites for hydroxylation is 1. The van der Waals surface area contributed by atoms with Crippen LogP contribution in [0, 0.1) is 6.92 Å². The minimum absolute atomic E-state index is 0.380. The van der Waals surface area contributed by atoms with Gasteiger partial charge in [0.25, 0.3) is 0 Å². The van der Waals surface area contributed by atoms with E-state index in [1.807, 2.05) is 49.4 Å². The average molecular weight is 278 g/mol. The van der Waals surface area contributed by atoms with Crippen LogP contribution in [0.25, 0.3) is 5.57 Å². The standard InChI is InChI=1S/C19H18O2/c1-13(2)19(20)21-17-10-11-18(14(3)12-17)15(4)16-8-6-5-7-9-16/h5-12H,1,4H2,2-3H3. The zero-order valence-electron chi connectivity index (χ0n) is 12.3. The smallest absolute Gasteiger partial charge is 0.338 e. The highest BCUT2D eigenvalue weighted by Crippen LogP contribution is 2.27. The summed E-state index contributed by atoms with van der Waals surface area (Å²) in [6.45, 7) is 11.3. The van der Waals surface area contributed by atoms with Crippen LogP contribution in [-0.2, 0) is 4.79 Å². The molecule has 0 aliphatic rings. The van der Waals surface area contributed by atoms with Crippen molar-refractivity contribution in [2.75, 3.05) is 0 Å². The summed E-state index contributed by atoms with van der Waals surface area (Å²) in [6.07, 6.45) is 0. The second-order valence-electron chi connectivity index (χ2n) is 4.99. The average Bonchev–Trinajstić information content (AvgIpc) is 2.47. The predicted molar refractivity (Wildman–Crippen MR) is 86.2 cm³/mol. The lowest BCUT2D eigenvalue weighted by molar-refractivity contribution is -0.130. The van der Waals surface area contributed by atoms with Crippen LogP contribution in [0.2, 0.25) is 0 Å². The summed E-state index contributed by atoms with van der Waals surface area (Å²) in [5.41, 5.74) is 4.45. The Morgan fingerprint density at radius 1 is 1.05 bits per heavy atom. The fourth-order valence-electron chi connectivity index (χ4n) is 2.03. The van der Waals surface area contributed by atoms with Crippen molar-refractivity contribution in [2.24, 2.45) is 0 Å². The van der Waals surface area contributed by atoms with Gasteiger partial charge < -0.3 is 4.74 Å². The van der Waals surface area contributed by atoms with E-state index in [4.69, 9.17) is 4.74 Å². The summed E-state index contributed by atoms with van der Waals surface area (Å²) in [6, 6.07) is 15.5. The van der Waals surface area contributed by atoms with Crippen LogP contribution in [0.3, 0.4) is 0 Å². The van der Waals surface area contributed by atoms with Crippen LogP contribution in [0.1, 0.15) is 23.6 Å². The molecule has 0 spiro atoms. The van der Waals surface area contributed by atoms with Crippen molar-refractivity contribution in [2.45, 2.75) is 13.8 Å². The van der Waals surface area contributed by atoms with Crippen LogP contribution < -0.4 is 4.74 Å². The van der Waals surface area contributed by atoms with Gasteiger partial charge in [0, 0.05) is 5.57 Å². The van der Waals surface area contributed by atoms with E-state index in [1.165, 1.54) is 0 Å². The number of hydrogen-bond acceptors (Lipinski definition) is 2. The van der Waals surface area contributed by atoms with E-state index in [-0.39, 0.29) is 0 Å². The van der Waals surface area contributed by atoms with Crippen molar-refractivity contribution in [3.05, 3.63) is 84.0 Å². The summed E-state index contributed by atoms with van der Waals surface area (Å²) in [7, 11) is 0. The summed E-state index contributed by atoms with van der Waals surface area (Å²) in [5.74, 6) is 0.106. The summed E-state index contributed by atoms with van der Waals surface area (Å²) < 4.78 is 5.23. The molecule has 0 bridgehead atoms. The quantitative estimate of drug-likeness (QED) is 0.466. The third-order valence-electron chi connectivity index (χ3n) is 3.20. The number of benzene rings is 2. The topological polar surface area (TPSA) is 26.3 Å². The van der Waals surface area contributed by atoms with Crippen LogP contribution in [0.5, 0.6) is 5.75 Å². The lowest BCUT2D eigenvalue weighted by Gasteiger charge is -2.11. The summed E-state index contributed by atoms with van der Waals surface area (Å²) >= 11 is 0. The first kappa shape index (κ1) is 14.8. The Bertz CT molecular complexity index is 697. The molecule has 0 unspecified atom stereocenters. The first-order chi connectivity index (χ1) is 9.99. The second kappa shape index (κ2) is 6.23. The van der Waals surface area contributed by atoms with Gasteiger partial charge in [-0.25, -0.2) is 4.79 Å². The monoisotopic (exact) mass is 278 g/mol. The molecule has 0 atom stereocenters. The van der Waals surface area contributed by atoms with Gasteiger partial charge >= 0.3 is 5.97 Å². The first-order valence-corrected chi connectivity index (χ1v) is 6.72. The molecule has 0 aliphatic heterocycles. The number of carbonyl (C=O) groups is 1. The summed E-state index contributed by atoms with van der Waals surface area (Å²) in [4.78, 5) is 11.5. The first-order valence-electron chi connectivity index (χ1n) is 6.72. The Morgan fingerprint density at radius 3 is 2.29 bits per heavy atom. The molecule has 0 aliphatic carbocycles. The van der Waals surface area contributed by atoms with Crippen LogP contribution >= 0.6 is 0 Å². The van der Waals surface area contributed by atoms with Crippen molar-refractivity contribution in [3.63, 3.8) is 0 Å². The minimum atomic E-state index is -0.413. The molecule has 0 N–H and O–H groups in total. The van der Waals surface area contributed by atoms with E-state index in [1.54, 1.807) is 13.0 Å². The molecule has 0 saturated carbocycles. The predicted octanol–water partition coefficient (Wildman–Crippen LogP) is 4.54. The van der Waals surface area contributed by atoms with E-state index < -0.39 is 5.97 Å². The van der Waals surface area contributed by atoms with Crippen molar-refractivity contribution in [1.29, 1.82) is 0 Å². The molecule has 0 heterocycles. The lowest BCUT2D eigenvalue weighted by atomic mass is 9.96. The normalized spacial score (nSPS) is 10.0. The van der Waals surface area contributed by atoms with E-state index in [0.717, 1.165) is 22.3 Å². The fourth-order valence-corrected chi connectivity index (χ4v) is 2.03. The highest BCUT2D eigenvalue weighted by molar-refractivity contribution is 5.89. The largest absolute Gasteiger partial charge is 0.423 e. The van der Waals surface area contributed by atoms with Crippen molar-refractivity contribution < 1.29 is 9.53 Å². The third kappa shape index (κ3) is 3.48. The van der Waals surface area contributed by atoms with Gasteiger partial charge in [0.15, 0.2) is 0 Å². The molecule has 2 aromatic rings. The van der Waals surface area contributed by atoms with Crippen molar-refractivity contribution >= 4 is 11.5 Å². The number of rotatable bonds is 4. The van der Waals surface area contributed by atoms with Gasteiger partial charge in [0.1, 0.15) is 5.75 Å². The van der Waals surface area contributed by atoms with Gasteiger partial charge in [-0.15, -0.1) is 0 Å². The van der Waals surface area contributed by atoms with Crippen molar-refractivity contribution in [1.82, 2.24) is 0 Å². The molecule has 0 saturated heterocycles. The van der Waals surface area contributed by atoms with E-state index >= 15 is 0 Å². The van der Waals surface area contributed by atoms with Crippen molar-refractivity contribution in [3.8, 4) is 5.75 Å². The molecule has 0 aromatic heterocycles. The molecule has 0 amide bonds. The highest BCUT2D eigenvalue weighted by Gasteiger charge is 2.09. The Morgan fingerprint density at radius 2 is 1.71 bits per heavy atom. The zero-order valence-corrected chi connectivity index (χ0v) is 12.3. The molecule has 2 aromatic carbocycles. The second-order valence-corrected chi connectivity index (χ2v) is 4.99. The SMILES string of the molecule is C=C(C)C(=O)Oc1ccc(C(=C)c2ccccc2)c(C)c1. The van der Waals surface area contributed by atoms with E-state index in [0.29, 0.717) is 11.3 Å². The maximum Gasteiger partial charge on any atom is 0.338 e. The Labute approximate surface area is 125 Å². The molecule has 0 fully saturated rings. The number of esters is 1. The molecule has 21 heavy (non-hydrogen) atoms. The summed E-state index contributed by atoms with van der Waals surface area (Å²) in [5, 5.41) is 0. The van der Waals surface area contributed by atoms with Gasteiger partial charge in [-0.2, -0.15) is 0 Å². The fraction of sp³-hybridized carbons (Fsp3) is 0.105. The molecular formula is C19H18O2. The number of ether oxygens (including phenoxy) is 1. The maximum atomic E-state index is 11.5. The van der Waals surface area contributed by atoms with Crippen LogP contribution in [-0.4, -0.2) is 5.97 Å². The highest BCUT2D eigenvalue weighted by atomic mass is 16.5. The Hall–Kier alpha value is -2.61. The lowest BCUT2D eigenvalue weighted by Crippen LogP contribution is -2.08. The zero-order chi connectivity index (χ0) is 15.4. The molecular weight excluding hydrogens is 260 g/mol. The molecule has 2 rings (SSSR count). The van der Waals surface area contributed by atoms with Gasteiger partial charge in [-0.1, -0.05) is 49.6 Å². The number of carbonyl (C=O) groups excluding carboxylic acids is 1. The Kier molecular flexibility index (Phi) is 4.39. The van der Waals surface area contributed by atoms with Crippen LogP contribution in [0.15, 0.2) is 67.3 Å². The van der Waals surface area contributed by atoms with E-state index in [9.17, 15) is 4.79 Å². The molecule has 2 nitrogen and oxygen atoms in total. The van der Waals surface area contributed by atoms with Gasteiger partial charge in [-0.05, 0) is 48.2 Å². The molecule has 106 valence electrons. The van der Waals surface area contributed by atoms with Gasteiger partial charge in [-0.3, -0.25) is 0 Å². The molecule has 2 heteroatoms. The van der Waals surface area contributed by atoms with E-state index in [2.05, 4.69) is 13.2 Å². The van der Waals surface area contributed by atoms with Gasteiger partial charge in [0.2, 0.25) is 0 Å². The number of hydrogen-bond donors (Lipinski definition) is 0. The van der Waals surface area contributed by atoms with Crippen LogP contribution in [0.4, 0.5) is 0 Å². The third-order valence-corrected chi connectivity index (χ3v) is 3.20. The maximum absolute atomic E-state index is 11.5. The molecule has 0 radical (unpaired) electrons. The van der Waals surface area contributed by atoms with Gasteiger partial charge in [0.05, 0.1) is 0 Å². The Balaban J connectivity index is 2.26.